The van der Waals surface area contributed by atoms with E-state index in [1.165, 1.54) is 16.7 Å². The van der Waals surface area contributed by atoms with Crippen LogP contribution in [-0.2, 0) is 4.79 Å². The van der Waals surface area contributed by atoms with Gasteiger partial charge in [0.05, 0.1) is 7.11 Å². The Labute approximate surface area is 135 Å². The van der Waals surface area contributed by atoms with Crippen molar-refractivity contribution in [2.24, 2.45) is 0 Å². The van der Waals surface area contributed by atoms with Crippen LogP contribution < -0.4 is 4.74 Å². The number of ether oxygens (including phenoxy) is 1. The van der Waals surface area contributed by atoms with Crippen LogP contribution in [0.25, 0.3) is 0 Å². The molecule has 2 atom stereocenters. The third-order valence-electron chi connectivity index (χ3n) is 4.09. The highest BCUT2D eigenvalue weighted by Crippen LogP contribution is 2.48. The first-order valence-corrected chi connectivity index (χ1v) is 8.47. The predicted molar refractivity (Wildman–Crippen MR) is 91.5 cm³/mol. The lowest BCUT2D eigenvalue weighted by molar-refractivity contribution is -0.119. The largest absolute Gasteiger partial charge is 0.497 e. The molecule has 1 fully saturated rings. The average Bonchev–Trinajstić information content (AvgIpc) is 2.55. The number of benzene rings is 2. The summed E-state index contributed by atoms with van der Waals surface area (Å²) in [7, 11) is 1.67. The summed E-state index contributed by atoms with van der Waals surface area (Å²) in [5.41, 5.74) is 3.71. The molecule has 2 aromatic rings. The van der Waals surface area contributed by atoms with Crippen molar-refractivity contribution in [2.75, 3.05) is 7.11 Å². The van der Waals surface area contributed by atoms with Gasteiger partial charge in [-0.2, -0.15) is 0 Å². The zero-order valence-electron chi connectivity index (χ0n) is 12.9. The minimum absolute atomic E-state index is 0.235. The summed E-state index contributed by atoms with van der Waals surface area (Å²) in [6.07, 6.45) is 1.26. The van der Waals surface area contributed by atoms with E-state index >= 15 is 0 Å². The summed E-state index contributed by atoms with van der Waals surface area (Å²) in [6.45, 7) is 2.09. The fourth-order valence-electron chi connectivity index (χ4n) is 2.78. The molecule has 2 nitrogen and oxygen atoms in total. The molecule has 0 aromatic heterocycles. The van der Waals surface area contributed by atoms with Gasteiger partial charge in [-0.3, -0.25) is 4.79 Å². The molecule has 0 saturated carbocycles. The highest BCUT2D eigenvalue weighted by atomic mass is 32.2. The monoisotopic (exact) mass is 312 g/mol. The van der Waals surface area contributed by atoms with E-state index in [4.69, 9.17) is 4.74 Å². The molecule has 0 bridgehead atoms. The normalized spacial score (nSPS) is 21.6. The predicted octanol–water partition coefficient (Wildman–Crippen LogP) is 4.88. The van der Waals surface area contributed by atoms with Crippen molar-refractivity contribution < 1.29 is 9.53 Å². The van der Waals surface area contributed by atoms with Crippen LogP contribution in [0.5, 0.6) is 5.75 Å². The molecule has 1 aliphatic heterocycles. The van der Waals surface area contributed by atoms with Crippen molar-refractivity contribution >= 4 is 17.5 Å². The van der Waals surface area contributed by atoms with Gasteiger partial charge >= 0.3 is 0 Å². The number of Topliss-reactive ketones (excluding diaryl/α,β-unsaturated/α-hetero) is 1. The maximum Gasteiger partial charge on any atom is 0.135 e. The zero-order chi connectivity index (χ0) is 15.5. The van der Waals surface area contributed by atoms with Gasteiger partial charge in [-0.05, 0) is 30.2 Å². The number of carbonyl (C=O) groups excluding carboxylic acids is 1. The Morgan fingerprint density at radius 1 is 0.909 bits per heavy atom. The molecule has 0 unspecified atom stereocenters. The maximum atomic E-state index is 12.2. The third kappa shape index (κ3) is 3.36. The van der Waals surface area contributed by atoms with Gasteiger partial charge in [0.25, 0.3) is 0 Å². The van der Waals surface area contributed by atoms with Crippen molar-refractivity contribution in [1.29, 1.82) is 0 Å². The summed E-state index contributed by atoms with van der Waals surface area (Å²) in [5, 5.41) is 0.493. The van der Waals surface area contributed by atoms with E-state index in [-0.39, 0.29) is 10.5 Å². The number of aryl methyl sites for hydroxylation is 1. The van der Waals surface area contributed by atoms with E-state index in [9.17, 15) is 4.79 Å². The molecule has 0 radical (unpaired) electrons. The quantitative estimate of drug-likeness (QED) is 0.808. The Kier molecular flexibility index (Phi) is 4.53. The topological polar surface area (TPSA) is 26.3 Å². The minimum atomic E-state index is 0.235. The average molecular weight is 312 g/mol. The number of ketones is 1. The van der Waals surface area contributed by atoms with Crippen LogP contribution in [0.4, 0.5) is 0 Å². The van der Waals surface area contributed by atoms with E-state index < -0.39 is 0 Å². The van der Waals surface area contributed by atoms with E-state index in [0.29, 0.717) is 18.6 Å². The SMILES string of the molecule is COc1ccc([C@@H]2CC(=O)C[C@H](c3ccc(C)cc3)S2)cc1. The van der Waals surface area contributed by atoms with Gasteiger partial charge in [0.15, 0.2) is 0 Å². The van der Waals surface area contributed by atoms with Crippen molar-refractivity contribution in [2.45, 2.75) is 30.3 Å². The number of rotatable bonds is 3. The second-order valence-electron chi connectivity index (χ2n) is 5.74. The van der Waals surface area contributed by atoms with Gasteiger partial charge in [-0.25, -0.2) is 0 Å². The van der Waals surface area contributed by atoms with Gasteiger partial charge in [-0.1, -0.05) is 42.0 Å². The number of hydrogen-bond acceptors (Lipinski definition) is 3. The highest BCUT2D eigenvalue weighted by Gasteiger charge is 2.29. The Morgan fingerprint density at radius 3 is 1.91 bits per heavy atom. The first-order chi connectivity index (χ1) is 10.7. The summed E-state index contributed by atoms with van der Waals surface area (Å²) >= 11 is 1.90. The summed E-state index contributed by atoms with van der Waals surface area (Å²) < 4.78 is 5.21. The number of methoxy groups -OCH3 is 1. The van der Waals surface area contributed by atoms with Gasteiger partial charge in [-0.15, -0.1) is 11.8 Å². The van der Waals surface area contributed by atoms with Crippen molar-refractivity contribution in [1.82, 2.24) is 0 Å². The molecule has 1 saturated heterocycles. The van der Waals surface area contributed by atoms with Crippen LogP contribution in [0.2, 0.25) is 0 Å². The first kappa shape index (κ1) is 15.2. The molecular formula is C19H20O2S. The molecule has 1 heterocycles. The lowest BCUT2D eigenvalue weighted by Gasteiger charge is -2.28. The second-order valence-corrected chi connectivity index (χ2v) is 7.15. The second kappa shape index (κ2) is 6.57. The molecule has 2 aromatic carbocycles. The van der Waals surface area contributed by atoms with E-state index in [1.807, 2.05) is 23.9 Å². The number of carbonyl (C=O) groups is 1. The van der Waals surface area contributed by atoms with Gasteiger partial charge < -0.3 is 4.74 Å². The third-order valence-corrected chi connectivity index (χ3v) is 5.63. The van der Waals surface area contributed by atoms with Gasteiger partial charge in [0.1, 0.15) is 11.5 Å². The standard InChI is InChI=1S/C19H20O2S/c1-13-3-5-14(6-4-13)18-11-16(20)12-19(22-18)15-7-9-17(21-2)10-8-15/h3-10,18-19H,11-12H2,1-2H3/t18-,19+/m1/s1. The lowest BCUT2D eigenvalue weighted by Crippen LogP contribution is -2.15. The molecule has 0 amide bonds. The number of hydrogen-bond donors (Lipinski definition) is 0. The van der Waals surface area contributed by atoms with Crippen molar-refractivity contribution in [3.63, 3.8) is 0 Å². The summed E-state index contributed by atoms with van der Waals surface area (Å²) in [4.78, 5) is 12.2. The van der Waals surface area contributed by atoms with E-state index in [2.05, 4.69) is 43.3 Å². The van der Waals surface area contributed by atoms with Gasteiger partial charge in [0, 0.05) is 23.3 Å². The molecule has 3 rings (SSSR count). The molecule has 114 valence electrons. The van der Waals surface area contributed by atoms with Crippen LogP contribution in [-0.4, -0.2) is 12.9 Å². The molecule has 0 spiro atoms. The Morgan fingerprint density at radius 2 is 1.41 bits per heavy atom. The molecule has 1 aliphatic rings. The minimum Gasteiger partial charge on any atom is -0.497 e. The Balaban J connectivity index is 1.80. The molecule has 0 aliphatic carbocycles. The summed E-state index contributed by atoms with van der Waals surface area (Å²) in [6, 6.07) is 16.6. The highest BCUT2D eigenvalue weighted by molar-refractivity contribution is 7.99. The van der Waals surface area contributed by atoms with Crippen molar-refractivity contribution in [3.8, 4) is 5.75 Å². The summed E-state index contributed by atoms with van der Waals surface area (Å²) in [5.74, 6) is 1.20. The van der Waals surface area contributed by atoms with Crippen LogP contribution in [0.3, 0.4) is 0 Å². The first-order valence-electron chi connectivity index (χ1n) is 7.53. The van der Waals surface area contributed by atoms with Crippen LogP contribution >= 0.6 is 11.8 Å². The van der Waals surface area contributed by atoms with Gasteiger partial charge in [0.2, 0.25) is 0 Å². The van der Waals surface area contributed by atoms with Crippen LogP contribution in [0.15, 0.2) is 48.5 Å². The molecular weight excluding hydrogens is 292 g/mol. The molecule has 3 heteroatoms. The van der Waals surface area contributed by atoms with E-state index in [0.717, 1.165) is 5.75 Å². The zero-order valence-corrected chi connectivity index (χ0v) is 13.7. The van der Waals surface area contributed by atoms with Crippen LogP contribution in [0, 0.1) is 6.92 Å². The molecule has 22 heavy (non-hydrogen) atoms. The maximum absolute atomic E-state index is 12.2. The lowest BCUT2D eigenvalue weighted by atomic mass is 10.00. The van der Waals surface area contributed by atoms with E-state index in [1.54, 1.807) is 7.11 Å². The Bertz CT molecular complexity index is 646. The number of thioether (sulfide) groups is 1. The van der Waals surface area contributed by atoms with Crippen LogP contribution in [0.1, 0.15) is 40.0 Å². The molecule has 0 N–H and O–H groups in total. The van der Waals surface area contributed by atoms with Crippen molar-refractivity contribution in [3.05, 3.63) is 65.2 Å². The fraction of sp³-hybridized carbons (Fsp3) is 0.316. The Hall–Kier alpha value is -1.74. The smallest absolute Gasteiger partial charge is 0.135 e. The fourth-order valence-corrected chi connectivity index (χ4v) is 4.37.